The second kappa shape index (κ2) is 7.66. The van der Waals surface area contributed by atoms with Gasteiger partial charge < -0.3 is 9.64 Å². The van der Waals surface area contributed by atoms with Crippen molar-refractivity contribution in [1.82, 2.24) is 4.72 Å². The number of hydrogen-bond acceptors (Lipinski definition) is 4. The maximum Gasteiger partial charge on any atom is 0.240 e. The van der Waals surface area contributed by atoms with Crippen LogP contribution in [0.3, 0.4) is 0 Å². The number of sulfonamides is 1. The largest absolute Gasteiger partial charge is 0.496 e. The van der Waals surface area contributed by atoms with Crippen molar-refractivity contribution in [3.63, 3.8) is 0 Å². The fourth-order valence-corrected chi connectivity index (χ4v) is 4.32. The molecule has 2 aromatic carbocycles. The standard InChI is InChI=1S/C19H21FN2O4S/c1-13-9-17(7-8-18(13)26-2)27(24,25)21-11-14-10-19(23)22(12-14)16-5-3-15(20)4-6-16/h3-9,14,21H,10-12H2,1-2H3/t14-/m0/s1. The predicted molar refractivity (Wildman–Crippen MR) is 99.8 cm³/mol. The van der Waals surface area contributed by atoms with Gasteiger partial charge in [-0.2, -0.15) is 0 Å². The lowest BCUT2D eigenvalue weighted by Crippen LogP contribution is -2.31. The maximum atomic E-state index is 13.0. The van der Waals surface area contributed by atoms with Crippen LogP contribution < -0.4 is 14.4 Å². The van der Waals surface area contributed by atoms with Gasteiger partial charge in [0.05, 0.1) is 12.0 Å². The van der Waals surface area contributed by atoms with Crippen molar-refractivity contribution < 1.29 is 22.3 Å². The number of carbonyl (C=O) groups excluding carboxylic acids is 1. The lowest BCUT2D eigenvalue weighted by atomic mass is 10.1. The topological polar surface area (TPSA) is 75.7 Å². The molecule has 2 aromatic rings. The SMILES string of the molecule is COc1ccc(S(=O)(=O)NC[C@@H]2CC(=O)N(c3ccc(F)cc3)C2)cc1C. The van der Waals surface area contributed by atoms with Crippen LogP contribution in [0.4, 0.5) is 10.1 Å². The molecule has 3 rings (SSSR count). The summed E-state index contributed by atoms with van der Waals surface area (Å²) in [7, 11) is -2.16. The minimum absolute atomic E-state index is 0.105. The van der Waals surface area contributed by atoms with E-state index in [1.807, 2.05) is 0 Å². The number of anilines is 1. The number of carbonyl (C=O) groups is 1. The van der Waals surface area contributed by atoms with Gasteiger partial charge >= 0.3 is 0 Å². The number of ether oxygens (including phenoxy) is 1. The highest BCUT2D eigenvalue weighted by Crippen LogP contribution is 2.26. The molecule has 27 heavy (non-hydrogen) atoms. The molecule has 8 heteroatoms. The van der Waals surface area contributed by atoms with E-state index in [1.165, 1.54) is 25.3 Å². The van der Waals surface area contributed by atoms with Gasteiger partial charge in [0, 0.05) is 25.2 Å². The summed E-state index contributed by atoms with van der Waals surface area (Å²) in [6.07, 6.45) is 0.238. The van der Waals surface area contributed by atoms with Gasteiger partial charge in [-0.05, 0) is 60.9 Å². The number of halogens is 1. The van der Waals surface area contributed by atoms with Crippen LogP contribution in [-0.4, -0.2) is 34.5 Å². The van der Waals surface area contributed by atoms with Gasteiger partial charge in [0.15, 0.2) is 0 Å². The predicted octanol–water partition coefficient (Wildman–Crippen LogP) is 2.47. The van der Waals surface area contributed by atoms with E-state index in [4.69, 9.17) is 4.74 Å². The average molecular weight is 392 g/mol. The molecule has 0 aliphatic carbocycles. The average Bonchev–Trinajstić information content (AvgIpc) is 3.01. The van der Waals surface area contributed by atoms with Crippen molar-refractivity contribution in [2.75, 3.05) is 25.1 Å². The Balaban J connectivity index is 1.65. The van der Waals surface area contributed by atoms with Crippen LogP contribution in [-0.2, 0) is 14.8 Å². The fraction of sp³-hybridized carbons (Fsp3) is 0.316. The van der Waals surface area contributed by atoms with Crippen molar-refractivity contribution in [2.24, 2.45) is 5.92 Å². The van der Waals surface area contributed by atoms with Gasteiger partial charge in [0.1, 0.15) is 11.6 Å². The third-order valence-corrected chi connectivity index (χ3v) is 6.00. The third kappa shape index (κ3) is 4.28. The fourth-order valence-electron chi connectivity index (χ4n) is 3.12. The molecular formula is C19H21FN2O4S. The summed E-state index contributed by atoms with van der Waals surface area (Å²) in [4.78, 5) is 13.9. The molecule has 0 spiro atoms. The van der Waals surface area contributed by atoms with Crippen molar-refractivity contribution in [3.05, 3.63) is 53.8 Å². The quantitative estimate of drug-likeness (QED) is 0.820. The van der Waals surface area contributed by atoms with Gasteiger partial charge in [0.25, 0.3) is 0 Å². The minimum atomic E-state index is -3.69. The van der Waals surface area contributed by atoms with Gasteiger partial charge in [-0.15, -0.1) is 0 Å². The van der Waals surface area contributed by atoms with E-state index in [9.17, 15) is 17.6 Å². The molecule has 0 saturated carbocycles. The van der Waals surface area contributed by atoms with Gasteiger partial charge in [-0.3, -0.25) is 4.79 Å². The van der Waals surface area contributed by atoms with Crippen molar-refractivity contribution in [2.45, 2.75) is 18.2 Å². The molecule has 1 aliphatic heterocycles. The van der Waals surface area contributed by atoms with Gasteiger partial charge in [-0.1, -0.05) is 0 Å². The zero-order valence-corrected chi connectivity index (χ0v) is 15.9. The molecule has 1 aliphatic rings. The molecule has 144 valence electrons. The molecule has 1 fully saturated rings. The van der Waals surface area contributed by atoms with Gasteiger partial charge in [-0.25, -0.2) is 17.5 Å². The molecule has 0 aromatic heterocycles. The number of nitrogens with zero attached hydrogens (tertiary/aromatic N) is 1. The highest BCUT2D eigenvalue weighted by atomic mass is 32.2. The Morgan fingerprint density at radius 2 is 1.93 bits per heavy atom. The van der Waals surface area contributed by atoms with Crippen LogP contribution >= 0.6 is 0 Å². The molecule has 6 nitrogen and oxygen atoms in total. The Bertz CT molecular complexity index is 945. The second-order valence-electron chi connectivity index (χ2n) is 6.53. The summed E-state index contributed by atoms with van der Waals surface area (Å²) in [5, 5.41) is 0. The van der Waals surface area contributed by atoms with E-state index in [0.29, 0.717) is 18.0 Å². The summed E-state index contributed by atoms with van der Waals surface area (Å²) in [5.41, 5.74) is 1.33. The molecule has 1 N–H and O–H groups in total. The van der Waals surface area contributed by atoms with E-state index in [-0.39, 0.29) is 35.5 Å². The lowest BCUT2D eigenvalue weighted by Gasteiger charge is -2.17. The Morgan fingerprint density at radius 3 is 2.56 bits per heavy atom. The number of methoxy groups -OCH3 is 1. The minimum Gasteiger partial charge on any atom is -0.496 e. The molecule has 0 unspecified atom stereocenters. The van der Waals surface area contributed by atoms with Crippen LogP contribution in [0.15, 0.2) is 47.4 Å². The summed E-state index contributed by atoms with van der Waals surface area (Å²) in [6.45, 7) is 2.31. The van der Waals surface area contributed by atoms with E-state index in [0.717, 1.165) is 5.56 Å². The van der Waals surface area contributed by atoms with Crippen LogP contribution in [0.1, 0.15) is 12.0 Å². The Kier molecular flexibility index (Phi) is 5.48. The Morgan fingerprint density at radius 1 is 1.22 bits per heavy atom. The van der Waals surface area contributed by atoms with E-state index >= 15 is 0 Å². The summed E-state index contributed by atoms with van der Waals surface area (Å²) in [5.74, 6) is -0.0162. The molecule has 0 bridgehead atoms. The highest BCUT2D eigenvalue weighted by Gasteiger charge is 2.31. The number of amides is 1. The highest BCUT2D eigenvalue weighted by molar-refractivity contribution is 7.89. The molecular weight excluding hydrogens is 371 g/mol. The second-order valence-corrected chi connectivity index (χ2v) is 8.30. The smallest absolute Gasteiger partial charge is 0.240 e. The number of nitrogens with one attached hydrogen (secondary N) is 1. The van der Waals surface area contributed by atoms with Crippen LogP contribution in [0, 0.1) is 18.7 Å². The van der Waals surface area contributed by atoms with E-state index < -0.39 is 10.0 Å². The number of hydrogen-bond donors (Lipinski definition) is 1. The van der Waals surface area contributed by atoms with Crippen molar-refractivity contribution in [3.8, 4) is 5.75 Å². The first-order chi connectivity index (χ1) is 12.8. The van der Waals surface area contributed by atoms with E-state index in [1.54, 1.807) is 36.1 Å². The first-order valence-corrected chi connectivity index (χ1v) is 9.98. The number of rotatable bonds is 6. The summed E-state index contributed by atoms with van der Waals surface area (Å²) >= 11 is 0. The first-order valence-electron chi connectivity index (χ1n) is 8.50. The van der Waals surface area contributed by atoms with Crippen LogP contribution in [0.25, 0.3) is 0 Å². The van der Waals surface area contributed by atoms with Crippen molar-refractivity contribution >= 4 is 21.6 Å². The van der Waals surface area contributed by atoms with Crippen LogP contribution in [0.2, 0.25) is 0 Å². The van der Waals surface area contributed by atoms with Crippen molar-refractivity contribution in [1.29, 1.82) is 0 Å². The molecule has 1 heterocycles. The van der Waals surface area contributed by atoms with Crippen LogP contribution in [0.5, 0.6) is 5.75 Å². The third-order valence-electron chi connectivity index (χ3n) is 4.58. The van der Waals surface area contributed by atoms with Gasteiger partial charge in [0.2, 0.25) is 15.9 Å². The molecule has 1 amide bonds. The molecule has 1 atom stereocenters. The Labute approximate surface area is 158 Å². The Hall–Kier alpha value is -2.45. The molecule has 1 saturated heterocycles. The zero-order chi connectivity index (χ0) is 19.6. The lowest BCUT2D eigenvalue weighted by molar-refractivity contribution is -0.117. The monoisotopic (exact) mass is 392 g/mol. The zero-order valence-electron chi connectivity index (χ0n) is 15.1. The molecule has 0 radical (unpaired) electrons. The van der Waals surface area contributed by atoms with E-state index in [2.05, 4.69) is 4.72 Å². The summed E-state index contributed by atoms with van der Waals surface area (Å²) < 4.78 is 45.8. The normalized spacial score (nSPS) is 17.4. The first kappa shape index (κ1) is 19.3. The maximum absolute atomic E-state index is 13.0. The number of aryl methyl sites for hydroxylation is 1. The number of benzene rings is 2. The summed E-state index contributed by atoms with van der Waals surface area (Å²) in [6, 6.07) is 10.3.